The topological polar surface area (TPSA) is 125 Å². The summed E-state index contributed by atoms with van der Waals surface area (Å²) in [4.78, 5) is 45.6. The molecule has 266 valence electrons. The smallest absolute Gasteiger partial charge is 0.340 e. The third kappa shape index (κ3) is 18.4. The van der Waals surface area contributed by atoms with Crippen LogP contribution in [-0.2, 0) is 31.9 Å². The lowest BCUT2D eigenvalue weighted by molar-refractivity contribution is -0.132. The van der Waals surface area contributed by atoms with Gasteiger partial charge in [0.2, 0.25) is 0 Å². The van der Waals surface area contributed by atoms with Gasteiger partial charge in [0, 0.05) is 21.0 Å². The quantitative estimate of drug-likeness (QED) is 0.0802. The zero-order valence-corrected chi connectivity index (χ0v) is 30.4. The predicted molar refractivity (Wildman–Crippen MR) is 192 cm³/mol. The molecule has 0 saturated heterocycles. The van der Waals surface area contributed by atoms with Crippen molar-refractivity contribution in [1.29, 1.82) is 0 Å². The summed E-state index contributed by atoms with van der Waals surface area (Å²) in [5, 5.41) is 9.10. The predicted octanol–water partition coefficient (Wildman–Crippen LogP) is 9.15. The van der Waals surface area contributed by atoms with E-state index in [-0.39, 0.29) is 12.4 Å². The molecule has 0 spiro atoms. The molecule has 9 nitrogen and oxygen atoms in total. The number of benzene rings is 2. The Morgan fingerprint density at radius 3 is 1.45 bits per heavy atom. The number of ether oxygens (including phenoxy) is 4. The summed E-state index contributed by atoms with van der Waals surface area (Å²) in [5.74, 6) is -1.43. The van der Waals surface area contributed by atoms with Gasteiger partial charge < -0.3 is 24.1 Å². The number of methoxy groups -OCH3 is 1. The minimum Gasteiger partial charge on any atom is -0.478 e. The second-order valence-electron chi connectivity index (χ2n) is 12.1. The van der Waals surface area contributed by atoms with Crippen LogP contribution < -0.4 is 9.47 Å². The van der Waals surface area contributed by atoms with Crippen molar-refractivity contribution in [3.05, 3.63) is 105 Å². The van der Waals surface area contributed by atoms with Crippen LogP contribution in [-0.4, -0.2) is 42.9 Å². The lowest BCUT2D eigenvalue weighted by atomic mass is 10.0. The van der Waals surface area contributed by atoms with Crippen LogP contribution in [0.25, 0.3) is 0 Å². The Kier molecular flexibility index (Phi) is 19.6. The highest BCUT2D eigenvalue weighted by molar-refractivity contribution is 5.90. The number of carboxylic acids is 1. The average molecular weight is 677 g/mol. The van der Waals surface area contributed by atoms with E-state index in [9.17, 15) is 19.2 Å². The highest BCUT2D eigenvalue weighted by Gasteiger charge is 2.13. The lowest BCUT2D eigenvalue weighted by Gasteiger charge is -2.10. The van der Waals surface area contributed by atoms with Crippen LogP contribution >= 0.6 is 0 Å². The highest BCUT2D eigenvalue weighted by Crippen LogP contribution is 2.24. The maximum atomic E-state index is 12.0. The molecule has 0 aromatic heterocycles. The Morgan fingerprint density at radius 2 is 1.06 bits per heavy atom. The number of allylic oxidation sites excluding steroid dienone is 8. The van der Waals surface area contributed by atoms with Gasteiger partial charge in [-0.3, -0.25) is 9.59 Å². The number of rotatable bonds is 16. The molecule has 0 atom stereocenters. The molecule has 0 fully saturated rings. The van der Waals surface area contributed by atoms with E-state index in [2.05, 4.69) is 52.8 Å². The minimum absolute atomic E-state index is 0.108. The first-order valence-electron chi connectivity index (χ1n) is 16.2. The zero-order valence-electron chi connectivity index (χ0n) is 30.4. The van der Waals surface area contributed by atoms with E-state index >= 15 is 0 Å². The fourth-order valence-electron chi connectivity index (χ4n) is 4.39. The first-order valence-corrected chi connectivity index (χ1v) is 16.2. The molecule has 0 radical (unpaired) electrons. The van der Waals surface area contributed by atoms with Crippen LogP contribution in [0.15, 0.2) is 83.0 Å². The Bertz CT molecular complexity index is 1550. The third-order valence-electron chi connectivity index (χ3n) is 6.94. The van der Waals surface area contributed by atoms with Crippen LogP contribution in [0.1, 0.15) is 113 Å². The summed E-state index contributed by atoms with van der Waals surface area (Å²) < 4.78 is 20.1. The monoisotopic (exact) mass is 676 g/mol. The maximum Gasteiger partial charge on any atom is 0.340 e. The first-order chi connectivity index (χ1) is 23.1. The molecule has 0 saturated carbocycles. The fourth-order valence-corrected chi connectivity index (χ4v) is 4.39. The van der Waals surface area contributed by atoms with Crippen molar-refractivity contribution in [3.63, 3.8) is 0 Å². The molecule has 1 N–H and O–H groups in total. The summed E-state index contributed by atoms with van der Waals surface area (Å²) in [6.45, 7) is 15.0. The van der Waals surface area contributed by atoms with Crippen molar-refractivity contribution in [2.75, 3.05) is 13.9 Å². The minimum atomic E-state index is -0.995. The number of aromatic carboxylic acids is 1. The lowest BCUT2D eigenvalue weighted by Crippen LogP contribution is -2.09. The van der Waals surface area contributed by atoms with Crippen molar-refractivity contribution < 1.29 is 43.2 Å². The van der Waals surface area contributed by atoms with E-state index in [1.54, 1.807) is 24.3 Å². The van der Waals surface area contributed by atoms with Gasteiger partial charge in [-0.05, 0) is 128 Å². The van der Waals surface area contributed by atoms with Crippen LogP contribution in [0, 0.1) is 0 Å². The molecule has 9 heteroatoms. The average Bonchev–Trinajstić information content (AvgIpc) is 3.02. The van der Waals surface area contributed by atoms with Crippen LogP contribution in [0.5, 0.6) is 11.5 Å². The zero-order chi connectivity index (χ0) is 36.9. The summed E-state index contributed by atoms with van der Waals surface area (Å²) in [6.07, 6.45) is 13.5. The van der Waals surface area contributed by atoms with Gasteiger partial charge in [-0.2, -0.15) is 0 Å². The van der Waals surface area contributed by atoms with E-state index < -0.39 is 23.9 Å². The number of carbonyl (C=O) groups is 4. The molecule has 2 aromatic rings. The number of carboxylic acid groups (broad SMARTS) is 1. The van der Waals surface area contributed by atoms with Gasteiger partial charge in [0.15, 0.2) is 6.79 Å². The normalized spacial score (nSPS) is 11.0. The molecule has 49 heavy (non-hydrogen) atoms. The van der Waals surface area contributed by atoms with E-state index in [0.717, 1.165) is 31.2 Å². The molecule has 0 aliphatic rings. The van der Waals surface area contributed by atoms with Gasteiger partial charge in [0.25, 0.3) is 0 Å². The van der Waals surface area contributed by atoms with E-state index in [1.807, 2.05) is 13.0 Å². The van der Waals surface area contributed by atoms with E-state index in [4.69, 9.17) is 24.1 Å². The molecule has 2 rings (SSSR count). The van der Waals surface area contributed by atoms with Gasteiger partial charge >= 0.3 is 23.9 Å². The number of esters is 3. The Morgan fingerprint density at radius 1 is 0.633 bits per heavy atom. The van der Waals surface area contributed by atoms with Gasteiger partial charge in [-0.25, -0.2) is 9.59 Å². The molecule has 0 heterocycles. The van der Waals surface area contributed by atoms with Crippen molar-refractivity contribution in [1.82, 2.24) is 0 Å². The summed E-state index contributed by atoms with van der Waals surface area (Å²) in [5.41, 5.74) is 7.09. The van der Waals surface area contributed by atoms with E-state index in [1.165, 1.54) is 55.4 Å². The molecular weight excluding hydrogens is 624 g/mol. The van der Waals surface area contributed by atoms with Crippen LogP contribution in [0.3, 0.4) is 0 Å². The van der Waals surface area contributed by atoms with Gasteiger partial charge in [0.1, 0.15) is 11.5 Å². The molecule has 0 amide bonds. The SMILES string of the molecule is CC(=O)Oc1ccc(C(=O)O)cc1C/C=C(\C)CCC=C(C)C.COCOC(=O)c1ccc(OC(C)=O)c(C/C=C(\C)CCC=C(C)C)c1. The molecule has 0 aliphatic heterocycles. The van der Waals surface area contributed by atoms with Crippen molar-refractivity contribution in [2.24, 2.45) is 0 Å². The third-order valence-corrected chi connectivity index (χ3v) is 6.94. The van der Waals surface area contributed by atoms with E-state index in [0.29, 0.717) is 35.5 Å². The largest absolute Gasteiger partial charge is 0.478 e. The van der Waals surface area contributed by atoms with Crippen molar-refractivity contribution in [3.8, 4) is 11.5 Å². The molecule has 2 aromatic carbocycles. The molecular formula is C40H52O9. The summed E-state index contributed by atoms with van der Waals surface area (Å²) in [7, 11) is 1.45. The summed E-state index contributed by atoms with van der Waals surface area (Å²) >= 11 is 0. The number of hydrogen-bond donors (Lipinski definition) is 1. The molecule has 0 aliphatic carbocycles. The van der Waals surface area contributed by atoms with Gasteiger partial charge in [-0.1, -0.05) is 46.6 Å². The highest BCUT2D eigenvalue weighted by atomic mass is 16.7. The Hall–Kier alpha value is -4.76. The second-order valence-corrected chi connectivity index (χ2v) is 12.1. The van der Waals surface area contributed by atoms with Crippen LogP contribution in [0.4, 0.5) is 0 Å². The summed E-state index contributed by atoms with van der Waals surface area (Å²) in [6, 6.07) is 9.41. The maximum absolute atomic E-state index is 12.0. The number of carbonyl (C=O) groups excluding carboxylic acids is 3. The van der Waals surface area contributed by atoms with Gasteiger partial charge in [-0.15, -0.1) is 0 Å². The first kappa shape index (κ1) is 42.3. The Balaban J connectivity index is 0.000000494. The standard InChI is InChI=1S/C21H28O5.C19H24O4/c1-15(2)7-6-8-16(3)9-10-18-13-19(21(23)25-14-24-5)11-12-20(18)26-17(4)22;1-13(2)6-5-7-14(3)8-9-16-12-17(19(21)22)10-11-18(16)23-15(4)20/h7,9,11-13H,6,8,10,14H2,1-5H3;6,8,10-12H,5,7,9H2,1-4H3,(H,21,22)/b16-9+;14-8+. The van der Waals surface area contributed by atoms with Crippen molar-refractivity contribution in [2.45, 2.75) is 93.9 Å². The molecule has 0 unspecified atom stereocenters. The van der Waals surface area contributed by atoms with Crippen molar-refractivity contribution >= 4 is 23.9 Å². The fraction of sp³-hybridized carbons (Fsp3) is 0.400. The van der Waals surface area contributed by atoms with Gasteiger partial charge in [0.05, 0.1) is 11.1 Å². The number of hydrogen-bond acceptors (Lipinski definition) is 8. The second kappa shape index (κ2) is 22.7. The van der Waals surface area contributed by atoms with Crippen LogP contribution in [0.2, 0.25) is 0 Å². The Labute approximate surface area is 291 Å². The molecule has 0 bridgehead atoms.